The molecule has 0 aliphatic rings. The molecule has 0 saturated carbocycles. The second-order valence-electron chi connectivity index (χ2n) is 7.45. The SMILES string of the molecule is CC(C)N(C(CC(F)(F)C(F)(F)C(F)(F)C(F)F)CC(F)(F)C(F)(F)C(F)(F)C(F)F)P(=O)(O)O. The largest absolute Gasteiger partial charge is 0.403 e. The lowest BCUT2D eigenvalue weighted by molar-refractivity contribution is -0.349. The van der Waals surface area contributed by atoms with Gasteiger partial charge in [-0.2, -0.15) is 52.7 Å². The number of hydrogen-bond acceptors (Lipinski definition) is 1. The van der Waals surface area contributed by atoms with E-state index in [0.29, 0.717) is 13.8 Å². The van der Waals surface area contributed by atoms with Crippen molar-refractivity contribution in [2.45, 2.75) is 87.2 Å². The first kappa shape index (κ1) is 34.0. The van der Waals surface area contributed by atoms with Crippen LogP contribution in [-0.4, -0.2) is 74.9 Å². The molecule has 0 heterocycles. The van der Waals surface area contributed by atoms with Gasteiger partial charge >= 0.3 is 56.1 Å². The number of rotatable bonds is 13. The molecule has 0 aromatic heterocycles. The molecule has 0 spiro atoms. The molecule has 4 nitrogen and oxygen atoms in total. The molecule has 0 bridgehead atoms. The Labute approximate surface area is 185 Å². The average Bonchev–Trinajstić information content (AvgIpc) is 2.58. The van der Waals surface area contributed by atoms with Crippen LogP contribution in [-0.2, 0) is 4.57 Å². The van der Waals surface area contributed by atoms with Gasteiger partial charge in [-0.15, -0.1) is 0 Å². The maximum Gasteiger partial charge on any atom is 0.403 e. The number of halogens is 16. The van der Waals surface area contributed by atoms with Gasteiger partial charge in [-0.25, -0.2) is 26.8 Å². The topological polar surface area (TPSA) is 60.8 Å². The lowest BCUT2D eigenvalue weighted by Crippen LogP contribution is -2.61. The lowest BCUT2D eigenvalue weighted by atomic mass is 9.91. The van der Waals surface area contributed by atoms with Crippen LogP contribution in [0.4, 0.5) is 70.2 Å². The van der Waals surface area contributed by atoms with Gasteiger partial charge in [0.25, 0.3) is 0 Å². The molecule has 0 aromatic rings. The molecular formula is C14H16F16NO3P. The Kier molecular flexibility index (Phi) is 9.75. The number of hydrogen-bond donors (Lipinski definition) is 2. The highest BCUT2D eigenvalue weighted by atomic mass is 31.2. The molecule has 2 N–H and O–H groups in total. The third-order valence-electron chi connectivity index (χ3n) is 4.49. The van der Waals surface area contributed by atoms with E-state index in [9.17, 15) is 74.8 Å². The highest BCUT2D eigenvalue weighted by Gasteiger charge is 2.78. The molecule has 212 valence electrons. The summed E-state index contributed by atoms with van der Waals surface area (Å²) in [4.78, 5) is 18.3. The van der Waals surface area contributed by atoms with E-state index in [2.05, 4.69) is 0 Å². The lowest BCUT2D eigenvalue weighted by Gasteiger charge is -2.41. The Morgan fingerprint density at radius 1 is 0.657 bits per heavy atom. The molecular weight excluding hydrogens is 565 g/mol. The van der Waals surface area contributed by atoms with E-state index < -0.39 is 85.7 Å². The quantitative estimate of drug-likeness (QED) is 0.199. The van der Waals surface area contributed by atoms with Crippen molar-refractivity contribution < 1.29 is 84.6 Å². The van der Waals surface area contributed by atoms with Crippen molar-refractivity contribution in [3.63, 3.8) is 0 Å². The average molecular weight is 581 g/mol. The molecule has 21 heteroatoms. The molecule has 0 aromatic carbocycles. The highest BCUT2D eigenvalue weighted by molar-refractivity contribution is 7.49. The predicted octanol–water partition coefficient (Wildman–Crippen LogP) is 6.28. The summed E-state index contributed by atoms with van der Waals surface area (Å²) in [7, 11) is -6.28. The van der Waals surface area contributed by atoms with Crippen LogP contribution in [0.5, 0.6) is 0 Å². The fourth-order valence-corrected chi connectivity index (χ4v) is 3.99. The summed E-state index contributed by atoms with van der Waals surface area (Å²) < 4.78 is 222. The fraction of sp³-hybridized carbons (Fsp3) is 1.00. The summed E-state index contributed by atoms with van der Waals surface area (Å²) in [5.41, 5.74) is 0. The van der Waals surface area contributed by atoms with Crippen LogP contribution < -0.4 is 0 Å². The van der Waals surface area contributed by atoms with Crippen molar-refractivity contribution in [3.8, 4) is 0 Å². The van der Waals surface area contributed by atoms with E-state index >= 15 is 0 Å². The summed E-state index contributed by atoms with van der Waals surface area (Å²) in [5, 5.41) is 0. The van der Waals surface area contributed by atoms with Gasteiger partial charge in [-0.05, 0) is 13.8 Å². The van der Waals surface area contributed by atoms with E-state index in [0.717, 1.165) is 0 Å². The van der Waals surface area contributed by atoms with E-state index in [1.54, 1.807) is 0 Å². The van der Waals surface area contributed by atoms with Crippen LogP contribution in [0.2, 0.25) is 0 Å². The van der Waals surface area contributed by atoms with Gasteiger partial charge in [0, 0.05) is 24.9 Å². The Morgan fingerprint density at radius 3 is 1.09 bits per heavy atom. The first-order valence-electron chi connectivity index (χ1n) is 8.70. The normalized spacial score (nSPS) is 15.9. The van der Waals surface area contributed by atoms with Crippen molar-refractivity contribution in [2.24, 2.45) is 0 Å². The maximum atomic E-state index is 14.0. The summed E-state index contributed by atoms with van der Waals surface area (Å²) in [6.07, 6.45) is -17.9. The minimum atomic E-state index is -7.17. The Morgan fingerprint density at radius 2 is 0.914 bits per heavy atom. The smallest absolute Gasteiger partial charge is 0.312 e. The summed E-state index contributed by atoms with van der Waals surface area (Å²) >= 11 is 0. The van der Waals surface area contributed by atoms with Crippen LogP contribution in [0.3, 0.4) is 0 Å². The Bertz CT molecular complexity index is 723. The molecule has 0 saturated heterocycles. The second-order valence-corrected chi connectivity index (χ2v) is 8.94. The molecule has 0 atom stereocenters. The predicted molar refractivity (Wildman–Crippen MR) is 83.7 cm³/mol. The van der Waals surface area contributed by atoms with E-state index in [4.69, 9.17) is 9.79 Å². The van der Waals surface area contributed by atoms with Gasteiger partial charge in [-0.1, -0.05) is 0 Å². The fourth-order valence-electron chi connectivity index (χ4n) is 2.80. The van der Waals surface area contributed by atoms with Gasteiger partial charge in [0.05, 0.1) is 0 Å². The van der Waals surface area contributed by atoms with Crippen LogP contribution in [0.25, 0.3) is 0 Å². The van der Waals surface area contributed by atoms with Crippen molar-refractivity contribution in [3.05, 3.63) is 0 Å². The van der Waals surface area contributed by atoms with Crippen molar-refractivity contribution in [2.75, 3.05) is 0 Å². The maximum absolute atomic E-state index is 14.0. The van der Waals surface area contributed by atoms with E-state index in [-0.39, 0.29) is 0 Å². The summed E-state index contributed by atoms with van der Waals surface area (Å²) in [6, 6.07) is -5.94. The standard InChI is InChI=1S/C14H16F16NO3P/c1-5(2)31(35(32,33)34)6(3-9(19,20)13(27,28)11(23,24)7(15)16)4-10(21,22)14(29,30)12(25,26)8(17)18/h5-8H,3-4H2,1-2H3,(H2,32,33,34). The molecule has 0 amide bonds. The van der Waals surface area contributed by atoms with Gasteiger partial charge < -0.3 is 9.79 Å². The summed E-state index contributed by atoms with van der Waals surface area (Å²) in [6.45, 7) is 1.03. The van der Waals surface area contributed by atoms with Gasteiger partial charge in [0.1, 0.15) is 0 Å². The molecule has 0 unspecified atom stereocenters. The zero-order chi connectivity index (χ0) is 28.8. The van der Waals surface area contributed by atoms with Crippen molar-refractivity contribution >= 4 is 7.75 Å². The van der Waals surface area contributed by atoms with Gasteiger partial charge in [0.2, 0.25) is 0 Å². The molecule has 0 aliphatic heterocycles. The Hall–Kier alpha value is -1.01. The molecule has 0 radical (unpaired) electrons. The van der Waals surface area contributed by atoms with Gasteiger partial charge in [0.15, 0.2) is 0 Å². The Balaban J connectivity index is 6.81. The highest BCUT2D eigenvalue weighted by Crippen LogP contribution is 2.56. The zero-order valence-corrected chi connectivity index (χ0v) is 17.9. The van der Waals surface area contributed by atoms with Crippen LogP contribution >= 0.6 is 7.75 Å². The zero-order valence-electron chi connectivity index (χ0n) is 17.0. The molecule has 0 rings (SSSR count). The van der Waals surface area contributed by atoms with Crippen molar-refractivity contribution in [1.82, 2.24) is 4.67 Å². The molecule has 35 heavy (non-hydrogen) atoms. The number of nitrogens with zero attached hydrogens (tertiary/aromatic N) is 1. The first-order chi connectivity index (χ1) is 15.0. The first-order valence-corrected chi connectivity index (χ1v) is 10.3. The third-order valence-corrected chi connectivity index (χ3v) is 5.88. The summed E-state index contributed by atoms with van der Waals surface area (Å²) in [5.74, 6) is -41.4. The number of alkyl halides is 16. The minimum absolute atomic E-state index is 0.514. The minimum Gasteiger partial charge on any atom is -0.312 e. The molecule has 0 aliphatic carbocycles. The van der Waals surface area contributed by atoms with Crippen molar-refractivity contribution in [1.29, 1.82) is 0 Å². The third kappa shape index (κ3) is 6.29. The van der Waals surface area contributed by atoms with E-state index in [1.807, 2.05) is 0 Å². The van der Waals surface area contributed by atoms with E-state index in [1.165, 1.54) is 0 Å². The van der Waals surface area contributed by atoms with Crippen LogP contribution in [0, 0.1) is 0 Å². The van der Waals surface area contributed by atoms with Gasteiger partial charge in [-0.3, -0.25) is 0 Å². The van der Waals surface area contributed by atoms with Crippen LogP contribution in [0.15, 0.2) is 0 Å². The molecule has 0 fully saturated rings. The monoisotopic (exact) mass is 581 g/mol. The second kappa shape index (κ2) is 10.0. The van der Waals surface area contributed by atoms with Crippen LogP contribution in [0.1, 0.15) is 26.7 Å².